The molecule has 2 aliphatic heterocycles. The molecular formula is C103H179N9O3S3. The summed E-state index contributed by atoms with van der Waals surface area (Å²) in [5.41, 5.74) is 15.1. The molecule has 0 spiro atoms. The summed E-state index contributed by atoms with van der Waals surface area (Å²) in [5.74, 6) is 2.13. The lowest BCUT2D eigenvalue weighted by atomic mass is 10.1. The van der Waals surface area contributed by atoms with Gasteiger partial charge >= 0.3 is 0 Å². The number of imidazole rings is 1. The average molecular weight is 1690 g/mol. The Labute approximate surface area is 740 Å². The lowest BCUT2D eigenvalue weighted by molar-refractivity contribution is 0.101. The minimum atomic E-state index is 0.121. The Morgan fingerprint density at radius 2 is 0.831 bits per heavy atom. The van der Waals surface area contributed by atoms with Crippen LogP contribution in [0.2, 0.25) is 0 Å². The van der Waals surface area contributed by atoms with Crippen molar-refractivity contribution in [2.75, 3.05) is 7.11 Å². The van der Waals surface area contributed by atoms with Gasteiger partial charge in [0.2, 0.25) is 0 Å². The second-order valence-corrected chi connectivity index (χ2v) is 23.0. The number of nitrogens with zero attached hydrogens (tertiary/aromatic N) is 8. The Balaban J connectivity index is -0.000000132. The van der Waals surface area contributed by atoms with Crippen molar-refractivity contribution in [1.82, 2.24) is 44.5 Å². The van der Waals surface area contributed by atoms with E-state index in [4.69, 9.17) is 9.15 Å². The second kappa shape index (κ2) is 109. The van der Waals surface area contributed by atoms with Gasteiger partial charge in [-0.25, -0.2) is 19.9 Å². The minimum absolute atomic E-state index is 0.121. The number of ether oxygens (including phenoxy) is 1. The Kier molecular flexibility index (Phi) is 121. The van der Waals surface area contributed by atoms with E-state index in [1.54, 1.807) is 54.4 Å². The fraction of sp³-hybridized carbons (Fsp3) is 0.524. The van der Waals surface area contributed by atoms with Gasteiger partial charge in [0.15, 0.2) is 12.2 Å². The number of thiophene rings is 1. The monoisotopic (exact) mass is 1690 g/mol. The fourth-order valence-corrected chi connectivity index (χ4v) is 12.1. The molecule has 9 heterocycles. The van der Waals surface area contributed by atoms with Crippen molar-refractivity contribution in [3.63, 3.8) is 0 Å². The number of rotatable bonds is 3. The number of oxazole rings is 1. The summed E-state index contributed by atoms with van der Waals surface area (Å²) < 4.78 is 15.5. The molecule has 12 aromatic rings. The van der Waals surface area contributed by atoms with E-state index in [9.17, 15) is 4.79 Å². The third-order valence-electron chi connectivity index (χ3n) is 14.2. The van der Waals surface area contributed by atoms with Crippen LogP contribution in [0, 0.1) is 0 Å². The maximum Gasteiger partial charge on any atom is 0.181 e. The first-order valence-corrected chi connectivity index (χ1v) is 48.8. The highest BCUT2D eigenvalue weighted by Gasteiger charge is 2.15. The predicted octanol–water partition coefficient (Wildman–Crippen LogP) is 34.2. The van der Waals surface area contributed by atoms with E-state index in [0.29, 0.717) is 0 Å². The number of para-hydroxylation sites is 1. The molecule has 7 aromatic heterocycles. The van der Waals surface area contributed by atoms with Crippen LogP contribution in [-0.4, -0.2) is 57.4 Å². The van der Waals surface area contributed by atoms with Crippen LogP contribution >= 0.6 is 34.0 Å². The number of fused-ring (bicyclic) bond motifs is 7. The molecule has 0 saturated carbocycles. The smallest absolute Gasteiger partial charge is 0.181 e. The maximum absolute atomic E-state index is 10.6. The molecule has 0 atom stereocenters. The number of aromatic nitrogens is 9. The molecule has 12 nitrogen and oxygen atoms in total. The number of carbonyl (C=O) groups is 1. The highest BCUT2D eigenvalue weighted by atomic mass is 32.2. The van der Waals surface area contributed by atoms with E-state index in [0.717, 1.165) is 54.9 Å². The van der Waals surface area contributed by atoms with E-state index in [-0.39, 0.29) is 5.78 Å². The first-order valence-electron chi connectivity index (χ1n) is 46.2. The van der Waals surface area contributed by atoms with Gasteiger partial charge in [0, 0.05) is 59.4 Å². The van der Waals surface area contributed by atoms with Gasteiger partial charge in [0.05, 0.1) is 47.1 Å². The van der Waals surface area contributed by atoms with E-state index in [1.165, 1.54) is 143 Å². The van der Waals surface area contributed by atoms with Crippen molar-refractivity contribution in [1.29, 1.82) is 0 Å². The van der Waals surface area contributed by atoms with Crippen molar-refractivity contribution in [3.8, 4) is 5.75 Å². The van der Waals surface area contributed by atoms with Crippen LogP contribution in [0.1, 0.15) is 349 Å². The molecule has 3 aliphatic carbocycles. The van der Waals surface area contributed by atoms with Crippen LogP contribution in [0.3, 0.4) is 0 Å². The molecule has 0 fully saturated rings. The van der Waals surface area contributed by atoms with Crippen molar-refractivity contribution in [2.45, 2.75) is 359 Å². The molecule has 0 saturated heterocycles. The minimum Gasteiger partial charge on any atom is -0.497 e. The highest BCUT2D eigenvalue weighted by Crippen LogP contribution is 2.25. The molecule has 15 heteroatoms. The second-order valence-electron chi connectivity index (χ2n) is 20.1. The first kappa shape index (κ1) is 131. The highest BCUT2D eigenvalue weighted by molar-refractivity contribution is 7.36. The number of hydrogen-bond donors (Lipinski definition) is 1. The van der Waals surface area contributed by atoms with Crippen LogP contribution in [0.4, 0.5) is 0 Å². The number of aromatic amines is 1. The summed E-state index contributed by atoms with van der Waals surface area (Å²) >= 11 is 5.25. The van der Waals surface area contributed by atoms with Crippen LogP contribution < -0.4 is 4.74 Å². The number of aryl methyl sites for hydroxylation is 11. The topological polar surface area (TPSA) is 142 Å². The normalized spacial score (nSPS) is 10.1. The molecule has 0 unspecified atom stereocenters. The largest absolute Gasteiger partial charge is 0.497 e. The van der Waals surface area contributed by atoms with Gasteiger partial charge < -0.3 is 14.1 Å². The van der Waals surface area contributed by atoms with Gasteiger partial charge in [-0.15, -0.1) is 34.0 Å². The van der Waals surface area contributed by atoms with Crippen molar-refractivity contribution in [2.24, 2.45) is 0 Å². The lowest BCUT2D eigenvalue weighted by Crippen LogP contribution is -2.10. The average Bonchev–Trinajstić information content (AvgIpc) is 1.73. The lowest BCUT2D eigenvalue weighted by Gasteiger charge is -2.11. The molecule has 1 N–H and O–H groups in total. The van der Waals surface area contributed by atoms with Gasteiger partial charge in [-0.2, -0.15) is 10.2 Å². The summed E-state index contributed by atoms with van der Waals surface area (Å²) in [6.45, 7) is 74.0. The zero-order valence-electron chi connectivity index (χ0n) is 82.6. The van der Waals surface area contributed by atoms with Crippen LogP contribution in [0.15, 0.2) is 204 Å². The molecule has 672 valence electrons. The molecule has 0 bridgehead atoms. The van der Waals surface area contributed by atoms with E-state index in [1.807, 2.05) is 332 Å². The van der Waals surface area contributed by atoms with Crippen LogP contribution in [-0.2, 0) is 70.9 Å². The SMILES string of the molecule is CC.CC.CC.CC.CC.CC.CC.CC.CC.CC.CC.CC.CC.CC.CC.CC.CC.CC(=O)c1ccccc1.CCc1ccccc1.COc1ccccc1.c1cc2n(n1)CCC2.c1cc2n(n1)CCCC2.c1cc2ncsc2s1.c1ccc2ccccc2c1.c1nc2c([nH]1)CCC2.c1nc2c(o1)CCC2.c1nc2c(s1)CCC2. The summed E-state index contributed by atoms with van der Waals surface area (Å²) in [6, 6.07) is 52.3. The zero-order valence-corrected chi connectivity index (χ0v) is 85.1. The van der Waals surface area contributed by atoms with Crippen molar-refractivity contribution >= 4 is 60.1 Å². The quantitative estimate of drug-likeness (QED) is 0.171. The van der Waals surface area contributed by atoms with Crippen molar-refractivity contribution in [3.05, 3.63) is 255 Å². The Morgan fingerprint density at radius 1 is 0.407 bits per heavy atom. The number of H-pyrrole nitrogens is 1. The van der Waals surface area contributed by atoms with E-state index >= 15 is 0 Å². The number of ketones is 1. The number of carbonyl (C=O) groups excluding carboxylic acids is 1. The standard InChI is InChI=1S/C10H8.C8H8O.C8H10.C7H10N2.C7H8O.2C6H8N2.C6H7NO.C6H7NS.C5H3NS2.17C2H6/c1-2-6-10-8-4-3-7-9(10)5-1;1-7(9)8-5-3-2-4-6-8;1-2-8-6-4-3-5-7-8;1-2-6-9-7(3-1)4-5-8-9;1-8-7-5-3-2-4-6-7;1-2-6-3-4-7-8(6)5-1;3*1-2-5-6(3-1)8-4-7-5;1-2-7-5-4(1)6-3-8-5;17*1-2/h1-8H;2-6H,1H3;3-7H,2H2,1H3;4-5H,1-3,6H2;2-6H,1H3;3-4H,1-2,5H2;4H,1-3H2,(H,7,8);2*4H,1-3H2;1-3H;17*1-2H3. The van der Waals surface area contributed by atoms with Crippen LogP contribution in [0.5, 0.6) is 5.75 Å². The Morgan fingerprint density at radius 3 is 1.25 bits per heavy atom. The summed E-state index contributed by atoms with van der Waals surface area (Å²) in [5, 5.41) is 13.0. The number of methoxy groups -OCH3 is 1. The van der Waals surface area contributed by atoms with Gasteiger partial charge in [-0.1, -0.05) is 370 Å². The number of hydrogen-bond acceptors (Lipinski definition) is 12. The van der Waals surface area contributed by atoms with Gasteiger partial charge in [-0.05, 0) is 149 Å². The third kappa shape index (κ3) is 63.9. The molecule has 17 rings (SSSR count). The molecule has 118 heavy (non-hydrogen) atoms. The Hall–Kier alpha value is -8.11. The summed E-state index contributed by atoms with van der Waals surface area (Å²) in [7, 11) is 1.66. The molecule has 5 aromatic carbocycles. The molecular weight excluding hydrogens is 1510 g/mol. The van der Waals surface area contributed by atoms with E-state index in [2.05, 4.69) is 142 Å². The number of nitrogens with one attached hydrogen (secondary N) is 1. The van der Waals surface area contributed by atoms with Crippen LogP contribution in [0.25, 0.3) is 20.3 Å². The summed E-state index contributed by atoms with van der Waals surface area (Å²) in [4.78, 5) is 31.8. The predicted molar refractivity (Wildman–Crippen MR) is 539 cm³/mol. The first-order chi connectivity index (χ1) is 58.4. The third-order valence-corrected chi connectivity index (χ3v) is 17.1. The van der Waals surface area contributed by atoms with E-state index < -0.39 is 0 Å². The maximum atomic E-state index is 10.6. The number of thiazole rings is 2. The number of benzene rings is 5. The Bertz CT molecular complexity index is 3270. The van der Waals surface area contributed by atoms with Crippen molar-refractivity contribution < 1.29 is 13.9 Å². The van der Waals surface area contributed by atoms with Gasteiger partial charge in [0.25, 0.3) is 0 Å². The van der Waals surface area contributed by atoms with Gasteiger partial charge in [-0.3, -0.25) is 14.2 Å². The molecule has 0 radical (unpaired) electrons. The fourth-order valence-electron chi connectivity index (χ4n) is 9.65. The summed E-state index contributed by atoms with van der Waals surface area (Å²) in [6.07, 6.45) is 25.5. The number of Topliss-reactive ketones (excluding diaryl/α,β-unsaturated/α-hetero) is 1. The molecule has 0 amide bonds. The molecule has 5 aliphatic rings. The zero-order chi connectivity index (χ0) is 92.2. The van der Waals surface area contributed by atoms with Gasteiger partial charge in [0.1, 0.15) is 15.5 Å².